The Morgan fingerprint density at radius 3 is 2.71 bits per heavy atom. The molecule has 0 amide bonds. The van der Waals surface area contributed by atoms with Crippen molar-refractivity contribution >= 4 is 17.0 Å². The number of nitrogen functional groups attached to an aromatic ring is 1. The van der Waals surface area contributed by atoms with Crippen LogP contribution in [0.3, 0.4) is 0 Å². The average Bonchev–Trinajstić information content (AvgIpc) is 2.52. The second-order valence-electron chi connectivity index (χ2n) is 3.71. The zero-order valence-electron chi connectivity index (χ0n) is 8.66. The number of aliphatic hydroxyl groups excluding tert-OH is 1. The zero-order valence-corrected chi connectivity index (χ0v) is 9.47. The number of hydrogen-bond donors (Lipinski definition) is 3. The number of anilines is 1. The highest BCUT2D eigenvalue weighted by Gasteiger charge is 2.11. The first-order valence-electron chi connectivity index (χ1n) is 4.81. The van der Waals surface area contributed by atoms with Crippen molar-refractivity contribution < 1.29 is 5.11 Å². The fourth-order valence-electron chi connectivity index (χ4n) is 1.23. The molecule has 0 radical (unpaired) electrons. The molecule has 0 bridgehead atoms. The van der Waals surface area contributed by atoms with E-state index < -0.39 is 0 Å². The van der Waals surface area contributed by atoms with Crippen LogP contribution in [0.15, 0.2) is 11.4 Å². The molecule has 0 aliphatic carbocycles. The molecular weight excluding hydrogens is 196 g/mol. The SMILES string of the molecule is CC(C)C(CO)NCc1sccc1N. The van der Waals surface area contributed by atoms with Gasteiger partial charge in [-0.2, -0.15) is 0 Å². The maximum absolute atomic E-state index is 9.10. The van der Waals surface area contributed by atoms with Gasteiger partial charge >= 0.3 is 0 Å². The fourth-order valence-corrected chi connectivity index (χ4v) is 1.98. The summed E-state index contributed by atoms with van der Waals surface area (Å²) in [6.07, 6.45) is 0. The van der Waals surface area contributed by atoms with E-state index >= 15 is 0 Å². The molecular formula is C10H18N2OS. The Morgan fingerprint density at radius 2 is 2.29 bits per heavy atom. The Bertz CT molecular complexity index is 273. The molecule has 1 aromatic rings. The van der Waals surface area contributed by atoms with Crippen LogP contribution < -0.4 is 11.1 Å². The summed E-state index contributed by atoms with van der Waals surface area (Å²) in [6, 6.07) is 2.06. The van der Waals surface area contributed by atoms with Gasteiger partial charge in [0.1, 0.15) is 0 Å². The van der Waals surface area contributed by atoms with Crippen LogP contribution in [0.25, 0.3) is 0 Å². The first-order chi connectivity index (χ1) is 6.65. The molecule has 4 N–H and O–H groups in total. The molecule has 0 aromatic carbocycles. The van der Waals surface area contributed by atoms with E-state index in [1.165, 1.54) is 0 Å². The number of aliphatic hydroxyl groups is 1. The zero-order chi connectivity index (χ0) is 10.6. The van der Waals surface area contributed by atoms with Gasteiger partial charge in [-0.1, -0.05) is 13.8 Å². The number of thiophene rings is 1. The van der Waals surface area contributed by atoms with Gasteiger partial charge in [-0.3, -0.25) is 0 Å². The van der Waals surface area contributed by atoms with Gasteiger partial charge in [0.05, 0.1) is 6.61 Å². The standard InChI is InChI=1S/C10H18N2OS/c1-7(2)9(6-13)12-5-10-8(11)3-4-14-10/h3-4,7,9,12-13H,5-6,11H2,1-2H3. The number of nitrogens with two attached hydrogens (primary N) is 1. The van der Waals surface area contributed by atoms with Crippen molar-refractivity contribution in [1.82, 2.24) is 5.32 Å². The van der Waals surface area contributed by atoms with Crippen LogP contribution >= 0.6 is 11.3 Å². The summed E-state index contributed by atoms with van der Waals surface area (Å²) in [4.78, 5) is 1.14. The van der Waals surface area contributed by atoms with Crippen LogP contribution in [0, 0.1) is 5.92 Å². The molecule has 14 heavy (non-hydrogen) atoms. The largest absolute Gasteiger partial charge is 0.398 e. The van der Waals surface area contributed by atoms with Gasteiger partial charge in [0, 0.05) is 23.2 Å². The van der Waals surface area contributed by atoms with E-state index in [4.69, 9.17) is 10.8 Å². The van der Waals surface area contributed by atoms with Crippen LogP contribution in [0.2, 0.25) is 0 Å². The van der Waals surface area contributed by atoms with Gasteiger partial charge in [-0.25, -0.2) is 0 Å². The summed E-state index contributed by atoms with van der Waals surface area (Å²) in [5.41, 5.74) is 6.59. The predicted octanol–water partition coefficient (Wildman–Crippen LogP) is 1.44. The van der Waals surface area contributed by atoms with Crippen molar-refractivity contribution in [1.29, 1.82) is 0 Å². The van der Waals surface area contributed by atoms with Crippen LogP contribution in [-0.2, 0) is 6.54 Å². The predicted molar refractivity (Wildman–Crippen MR) is 61.3 cm³/mol. The maximum Gasteiger partial charge on any atom is 0.0587 e. The minimum atomic E-state index is 0.150. The third-order valence-electron chi connectivity index (χ3n) is 2.31. The molecule has 0 fully saturated rings. The Morgan fingerprint density at radius 1 is 1.57 bits per heavy atom. The van der Waals surface area contributed by atoms with Gasteiger partial charge in [0.25, 0.3) is 0 Å². The lowest BCUT2D eigenvalue weighted by Crippen LogP contribution is -2.36. The molecule has 0 aliphatic rings. The lowest BCUT2D eigenvalue weighted by Gasteiger charge is -2.19. The number of nitrogens with one attached hydrogen (secondary N) is 1. The molecule has 1 rings (SSSR count). The molecule has 0 spiro atoms. The molecule has 4 heteroatoms. The monoisotopic (exact) mass is 214 g/mol. The van der Waals surface area contributed by atoms with E-state index in [1.54, 1.807) is 11.3 Å². The highest BCUT2D eigenvalue weighted by Crippen LogP contribution is 2.18. The summed E-state index contributed by atoms with van der Waals surface area (Å²) in [7, 11) is 0. The van der Waals surface area contributed by atoms with E-state index in [0.29, 0.717) is 5.92 Å². The minimum Gasteiger partial charge on any atom is -0.398 e. The Labute approximate surface area is 88.9 Å². The molecule has 80 valence electrons. The Balaban J connectivity index is 2.43. The smallest absolute Gasteiger partial charge is 0.0587 e. The number of hydrogen-bond acceptors (Lipinski definition) is 4. The van der Waals surface area contributed by atoms with E-state index in [0.717, 1.165) is 17.1 Å². The number of rotatable bonds is 5. The first kappa shape index (κ1) is 11.5. The van der Waals surface area contributed by atoms with Gasteiger partial charge in [-0.05, 0) is 17.4 Å². The van der Waals surface area contributed by atoms with E-state index in [9.17, 15) is 0 Å². The van der Waals surface area contributed by atoms with Crippen molar-refractivity contribution in [2.24, 2.45) is 5.92 Å². The van der Waals surface area contributed by atoms with Gasteiger partial charge in [-0.15, -0.1) is 11.3 Å². The normalized spacial score (nSPS) is 13.4. The summed E-state index contributed by atoms with van der Waals surface area (Å²) >= 11 is 1.64. The Hall–Kier alpha value is -0.580. The van der Waals surface area contributed by atoms with Crippen molar-refractivity contribution in [3.8, 4) is 0 Å². The molecule has 3 nitrogen and oxygen atoms in total. The van der Waals surface area contributed by atoms with Crippen LogP contribution in [0.4, 0.5) is 5.69 Å². The van der Waals surface area contributed by atoms with E-state index in [-0.39, 0.29) is 12.6 Å². The molecule has 1 unspecified atom stereocenters. The maximum atomic E-state index is 9.10. The third-order valence-corrected chi connectivity index (χ3v) is 3.24. The van der Waals surface area contributed by atoms with Crippen LogP contribution in [0.5, 0.6) is 0 Å². The summed E-state index contributed by atoms with van der Waals surface area (Å²) in [5.74, 6) is 0.432. The lowest BCUT2D eigenvalue weighted by molar-refractivity contribution is 0.210. The van der Waals surface area contributed by atoms with Gasteiger partial charge in [0.2, 0.25) is 0 Å². The molecule has 1 heterocycles. The fraction of sp³-hybridized carbons (Fsp3) is 0.600. The Kier molecular flexibility index (Phi) is 4.38. The first-order valence-corrected chi connectivity index (χ1v) is 5.69. The van der Waals surface area contributed by atoms with Crippen molar-refractivity contribution in [3.63, 3.8) is 0 Å². The summed E-state index contributed by atoms with van der Waals surface area (Å²) in [5, 5.41) is 14.4. The van der Waals surface area contributed by atoms with E-state index in [2.05, 4.69) is 19.2 Å². The molecule has 0 saturated carbocycles. The van der Waals surface area contributed by atoms with Crippen LogP contribution in [-0.4, -0.2) is 17.8 Å². The second-order valence-corrected chi connectivity index (χ2v) is 4.71. The van der Waals surface area contributed by atoms with Crippen molar-refractivity contribution in [2.45, 2.75) is 26.4 Å². The van der Waals surface area contributed by atoms with Gasteiger partial charge in [0.15, 0.2) is 0 Å². The average molecular weight is 214 g/mol. The third kappa shape index (κ3) is 2.97. The highest BCUT2D eigenvalue weighted by molar-refractivity contribution is 7.10. The highest BCUT2D eigenvalue weighted by atomic mass is 32.1. The van der Waals surface area contributed by atoms with E-state index in [1.807, 2.05) is 11.4 Å². The van der Waals surface area contributed by atoms with Crippen LogP contribution in [0.1, 0.15) is 18.7 Å². The van der Waals surface area contributed by atoms with Crippen molar-refractivity contribution in [2.75, 3.05) is 12.3 Å². The minimum absolute atomic E-state index is 0.150. The second kappa shape index (κ2) is 5.34. The quantitative estimate of drug-likeness (QED) is 0.695. The summed E-state index contributed by atoms with van der Waals surface area (Å²) < 4.78 is 0. The molecule has 0 saturated heterocycles. The lowest BCUT2D eigenvalue weighted by atomic mass is 10.1. The summed E-state index contributed by atoms with van der Waals surface area (Å²) in [6.45, 7) is 5.09. The molecule has 1 aromatic heterocycles. The van der Waals surface area contributed by atoms with Crippen molar-refractivity contribution in [3.05, 3.63) is 16.3 Å². The molecule has 0 aliphatic heterocycles. The topological polar surface area (TPSA) is 58.3 Å². The van der Waals surface area contributed by atoms with Gasteiger partial charge < -0.3 is 16.2 Å². The molecule has 1 atom stereocenters.